The molecule has 0 aliphatic carbocycles. The normalized spacial score (nSPS) is 10.2. The zero-order valence-electron chi connectivity index (χ0n) is 12.4. The van der Waals surface area contributed by atoms with Crippen LogP contribution in [0.4, 0.5) is 11.5 Å². The fraction of sp³-hybridized carbons (Fsp3) is 0.312. The monoisotopic (exact) mass is 284 g/mol. The van der Waals surface area contributed by atoms with Gasteiger partial charge in [-0.3, -0.25) is 4.79 Å². The van der Waals surface area contributed by atoms with Crippen molar-refractivity contribution in [2.45, 2.75) is 26.7 Å². The van der Waals surface area contributed by atoms with Crippen LogP contribution in [0, 0.1) is 6.92 Å². The van der Waals surface area contributed by atoms with E-state index in [1.807, 2.05) is 31.2 Å². The first-order valence-corrected chi connectivity index (χ1v) is 7.13. The van der Waals surface area contributed by atoms with Crippen LogP contribution in [0.1, 0.15) is 35.8 Å². The number of anilines is 2. The van der Waals surface area contributed by atoms with Gasteiger partial charge in [0.2, 0.25) is 0 Å². The van der Waals surface area contributed by atoms with Crippen LogP contribution in [0.25, 0.3) is 0 Å². The third-order valence-corrected chi connectivity index (χ3v) is 3.01. The highest BCUT2D eigenvalue weighted by atomic mass is 16.1. The fourth-order valence-corrected chi connectivity index (χ4v) is 1.89. The van der Waals surface area contributed by atoms with Gasteiger partial charge >= 0.3 is 0 Å². The summed E-state index contributed by atoms with van der Waals surface area (Å²) in [7, 11) is 0. The summed E-state index contributed by atoms with van der Waals surface area (Å²) in [6.45, 7) is 4.78. The van der Waals surface area contributed by atoms with Gasteiger partial charge in [-0.15, -0.1) is 0 Å². The van der Waals surface area contributed by atoms with E-state index in [1.165, 1.54) is 6.33 Å². The smallest absolute Gasteiger partial charge is 0.270 e. The predicted octanol–water partition coefficient (Wildman–Crippen LogP) is 3.06. The molecule has 110 valence electrons. The van der Waals surface area contributed by atoms with Crippen molar-refractivity contribution in [2.24, 2.45) is 0 Å². The number of hydrogen-bond acceptors (Lipinski definition) is 4. The SMILES string of the molecule is CCCCNC(=O)c1cc(Nc2cccc(C)c2)ncn1. The van der Waals surface area contributed by atoms with Crippen LogP contribution in [0.15, 0.2) is 36.7 Å². The number of hydrogen-bond donors (Lipinski definition) is 2. The number of rotatable bonds is 6. The van der Waals surface area contributed by atoms with E-state index in [2.05, 4.69) is 27.5 Å². The number of unbranched alkanes of at least 4 members (excludes halogenated alkanes) is 1. The molecule has 1 amide bonds. The molecule has 0 saturated heterocycles. The van der Waals surface area contributed by atoms with Gasteiger partial charge in [-0.2, -0.15) is 0 Å². The van der Waals surface area contributed by atoms with E-state index in [1.54, 1.807) is 6.07 Å². The summed E-state index contributed by atoms with van der Waals surface area (Å²) in [6.07, 6.45) is 3.41. The lowest BCUT2D eigenvalue weighted by Crippen LogP contribution is -2.25. The summed E-state index contributed by atoms with van der Waals surface area (Å²) in [4.78, 5) is 20.1. The van der Waals surface area contributed by atoms with E-state index in [0.717, 1.165) is 24.1 Å². The van der Waals surface area contributed by atoms with Crippen molar-refractivity contribution in [3.05, 3.63) is 47.9 Å². The van der Waals surface area contributed by atoms with Crippen molar-refractivity contribution in [2.75, 3.05) is 11.9 Å². The molecule has 1 heterocycles. The maximum atomic E-state index is 11.9. The number of aromatic nitrogens is 2. The Hall–Kier alpha value is -2.43. The summed E-state index contributed by atoms with van der Waals surface area (Å²) >= 11 is 0. The fourth-order valence-electron chi connectivity index (χ4n) is 1.89. The molecule has 0 saturated carbocycles. The van der Waals surface area contributed by atoms with Gasteiger partial charge in [-0.05, 0) is 31.0 Å². The van der Waals surface area contributed by atoms with Gasteiger partial charge in [0.1, 0.15) is 17.8 Å². The predicted molar refractivity (Wildman–Crippen MR) is 83.7 cm³/mol. The topological polar surface area (TPSA) is 66.9 Å². The molecule has 2 rings (SSSR count). The van der Waals surface area contributed by atoms with Crippen molar-refractivity contribution in [1.82, 2.24) is 15.3 Å². The molecule has 0 unspecified atom stereocenters. The van der Waals surface area contributed by atoms with E-state index in [9.17, 15) is 4.79 Å². The number of carbonyl (C=O) groups excluding carboxylic acids is 1. The molecule has 0 aliphatic rings. The molecule has 1 aromatic carbocycles. The number of aryl methyl sites for hydroxylation is 1. The van der Waals surface area contributed by atoms with Crippen molar-refractivity contribution in [3.63, 3.8) is 0 Å². The number of carbonyl (C=O) groups is 1. The van der Waals surface area contributed by atoms with E-state index >= 15 is 0 Å². The number of nitrogens with one attached hydrogen (secondary N) is 2. The van der Waals surface area contributed by atoms with Crippen molar-refractivity contribution in [3.8, 4) is 0 Å². The minimum Gasteiger partial charge on any atom is -0.351 e. The van der Waals surface area contributed by atoms with Crippen molar-refractivity contribution in [1.29, 1.82) is 0 Å². The second-order valence-electron chi connectivity index (χ2n) is 4.89. The molecule has 1 aromatic heterocycles. The number of nitrogens with zero attached hydrogens (tertiary/aromatic N) is 2. The van der Waals surface area contributed by atoms with Crippen LogP contribution in [0.2, 0.25) is 0 Å². The van der Waals surface area contributed by atoms with Crippen LogP contribution < -0.4 is 10.6 Å². The largest absolute Gasteiger partial charge is 0.351 e. The van der Waals surface area contributed by atoms with Gasteiger partial charge < -0.3 is 10.6 Å². The molecule has 0 fully saturated rings. The van der Waals surface area contributed by atoms with Crippen molar-refractivity contribution < 1.29 is 4.79 Å². The lowest BCUT2D eigenvalue weighted by Gasteiger charge is -2.08. The van der Waals surface area contributed by atoms with E-state index in [0.29, 0.717) is 18.1 Å². The number of amides is 1. The molecule has 2 aromatic rings. The lowest BCUT2D eigenvalue weighted by molar-refractivity contribution is 0.0948. The van der Waals surface area contributed by atoms with Gasteiger partial charge in [-0.1, -0.05) is 25.5 Å². The highest BCUT2D eigenvalue weighted by Gasteiger charge is 2.08. The average Bonchev–Trinajstić information content (AvgIpc) is 2.48. The van der Waals surface area contributed by atoms with Gasteiger partial charge in [-0.25, -0.2) is 9.97 Å². The van der Waals surface area contributed by atoms with E-state index in [-0.39, 0.29) is 5.91 Å². The van der Waals surface area contributed by atoms with Crippen LogP contribution in [-0.4, -0.2) is 22.4 Å². The Labute approximate surface area is 124 Å². The quantitative estimate of drug-likeness (QED) is 0.800. The molecular weight excluding hydrogens is 264 g/mol. The summed E-state index contributed by atoms with van der Waals surface area (Å²) < 4.78 is 0. The van der Waals surface area contributed by atoms with Gasteiger partial charge in [0.15, 0.2) is 0 Å². The second-order valence-corrected chi connectivity index (χ2v) is 4.89. The summed E-state index contributed by atoms with van der Waals surface area (Å²) in [5, 5.41) is 6.02. The molecule has 5 nitrogen and oxygen atoms in total. The van der Waals surface area contributed by atoms with Crippen molar-refractivity contribution >= 4 is 17.4 Å². The Bertz CT molecular complexity index is 613. The molecule has 0 aliphatic heterocycles. The van der Waals surface area contributed by atoms with Gasteiger partial charge in [0.05, 0.1) is 0 Å². The molecule has 0 spiro atoms. The zero-order valence-corrected chi connectivity index (χ0v) is 12.4. The molecular formula is C16H20N4O. The third-order valence-electron chi connectivity index (χ3n) is 3.01. The molecule has 0 bridgehead atoms. The zero-order chi connectivity index (χ0) is 15.1. The second kappa shape index (κ2) is 7.38. The maximum absolute atomic E-state index is 11.9. The Morgan fingerprint density at radius 1 is 1.24 bits per heavy atom. The third kappa shape index (κ3) is 4.56. The minimum atomic E-state index is -0.168. The molecule has 0 atom stereocenters. The first kappa shape index (κ1) is 15.0. The standard InChI is InChI=1S/C16H20N4O/c1-3-4-8-17-16(21)14-10-15(19-11-18-14)20-13-7-5-6-12(2)9-13/h5-7,9-11H,3-4,8H2,1-2H3,(H,17,21)(H,18,19,20). The molecule has 5 heteroatoms. The Kier molecular flexibility index (Phi) is 5.26. The Morgan fingerprint density at radius 2 is 2.10 bits per heavy atom. The summed E-state index contributed by atoms with van der Waals surface area (Å²) in [6, 6.07) is 9.62. The first-order chi connectivity index (χ1) is 10.2. The van der Waals surface area contributed by atoms with Crippen LogP contribution in [0.5, 0.6) is 0 Å². The summed E-state index contributed by atoms with van der Waals surface area (Å²) in [5.74, 6) is 0.439. The van der Waals surface area contributed by atoms with Gasteiger partial charge in [0, 0.05) is 18.3 Å². The molecule has 21 heavy (non-hydrogen) atoms. The Morgan fingerprint density at radius 3 is 2.86 bits per heavy atom. The minimum absolute atomic E-state index is 0.168. The van der Waals surface area contributed by atoms with E-state index < -0.39 is 0 Å². The molecule has 0 radical (unpaired) electrons. The Balaban J connectivity index is 2.05. The summed E-state index contributed by atoms with van der Waals surface area (Å²) in [5.41, 5.74) is 2.47. The maximum Gasteiger partial charge on any atom is 0.270 e. The first-order valence-electron chi connectivity index (χ1n) is 7.13. The highest BCUT2D eigenvalue weighted by molar-refractivity contribution is 5.92. The number of benzene rings is 1. The highest BCUT2D eigenvalue weighted by Crippen LogP contribution is 2.15. The van der Waals surface area contributed by atoms with E-state index in [4.69, 9.17) is 0 Å². The van der Waals surface area contributed by atoms with Crippen LogP contribution in [-0.2, 0) is 0 Å². The van der Waals surface area contributed by atoms with Gasteiger partial charge in [0.25, 0.3) is 5.91 Å². The van der Waals surface area contributed by atoms with Crippen LogP contribution in [0.3, 0.4) is 0 Å². The molecule has 2 N–H and O–H groups in total. The average molecular weight is 284 g/mol. The lowest BCUT2D eigenvalue weighted by atomic mass is 10.2. The van der Waals surface area contributed by atoms with Crippen LogP contribution >= 0.6 is 0 Å².